The molecule has 27 heavy (non-hydrogen) atoms. The molecule has 2 N–H and O–H groups in total. The molecule has 146 valence electrons. The average molecular weight is 370 g/mol. The van der Waals surface area contributed by atoms with Crippen LogP contribution in [-0.2, 0) is 14.3 Å². The van der Waals surface area contributed by atoms with Gasteiger partial charge >= 0.3 is 0 Å². The minimum Gasteiger partial charge on any atom is -0.381 e. The van der Waals surface area contributed by atoms with Crippen molar-refractivity contribution in [2.24, 2.45) is 5.92 Å². The molecular weight excluding hydrogens is 340 g/mol. The summed E-state index contributed by atoms with van der Waals surface area (Å²) in [5.41, 5.74) is 0.800. The van der Waals surface area contributed by atoms with E-state index in [-0.39, 0.29) is 23.7 Å². The molecule has 1 heterocycles. The first-order valence-corrected chi connectivity index (χ1v) is 9.98. The maximum absolute atomic E-state index is 13.0. The zero-order valence-electron chi connectivity index (χ0n) is 15.9. The van der Waals surface area contributed by atoms with Crippen molar-refractivity contribution in [1.29, 1.82) is 0 Å². The Balaban J connectivity index is 1.66. The molecule has 0 aromatic heterocycles. The number of carbonyl (C=O) groups is 2. The van der Waals surface area contributed by atoms with Gasteiger partial charge in [-0.2, -0.15) is 0 Å². The number of nitrogens with one attached hydrogen (secondary N) is 2. The molecule has 1 saturated heterocycles. The lowest BCUT2D eigenvalue weighted by Gasteiger charge is -2.39. The molecule has 0 radical (unpaired) electrons. The van der Waals surface area contributed by atoms with Crippen molar-refractivity contribution in [2.45, 2.75) is 50.0 Å². The molecule has 1 aromatic carbocycles. The van der Waals surface area contributed by atoms with Gasteiger partial charge in [0.05, 0.1) is 5.54 Å². The van der Waals surface area contributed by atoms with Crippen molar-refractivity contribution >= 4 is 11.8 Å². The molecule has 2 fully saturated rings. The molecule has 0 unspecified atom stereocenters. The Morgan fingerprint density at radius 3 is 2.56 bits per heavy atom. The fraction of sp³-hybridized carbons (Fsp3) is 0.545. The summed E-state index contributed by atoms with van der Waals surface area (Å²) < 4.78 is 5.45. The number of hydrogen-bond acceptors (Lipinski definition) is 3. The van der Waals surface area contributed by atoms with Gasteiger partial charge in [0.2, 0.25) is 11.8 Å². The quantitative estimate of drug-likeness (QED) is 0.757. The smallest absolute Gasteiger partial charge is 0.243 e. The number of benzene rings is 1. The van der Waals surface area contributed by atoms with E-state index in [9.17, 15) is 9.59 Å². The van der Waals surface area contributed by atoms with Crippen LogP contribution in [-0.4, -0.2) is 37.1 Å². The molecule has 2 atom stereocenters. The average Bonchev–Trinajstić information content (AvgIpc) is 2.73. The maximum Gasteiger partial charge on any atom is 0.243 e. The molecule has 1 aromatic rings. The second-order valence-corrected chi connectivity index (χ2v) is 7.71. The lowest BCUT2D eigenvalue weighted by Crippen LogP contribution is -2.58. The van der Waals surface area contributed by atoms with Crippen molar-refractivity contribution < 1.29 is 14.3 Å². The normalized spacial score (nSPS) is 24.6. The Hall–Kier alpha value is -2.14. The predicted octanol–water partition coefficient (Wildman–Crippen LogP) is 2.93. The van der Waals surface area contributed by atoms with Gasteiger partial charge < -0.3 is 15.4 Å². The zero-order chi connectivity index (χ0) is 19.1. The van der Waals surface area contributed by atoms with Crippen LogP contribution in [0.4, 0.5) is 0 Å². The van der Waals surface area contributed by atoms with Gasteiger partial charge in [-0.15, -0.1) is 0 Å². The topological polar surface area (TPSA) is 67.4 Å². The first-order chi connectivity index (χ1) is 13.1. The van der Waals surface area contributed by atoms with E-state index in [1.54, 1.807) is 0 Å². The molecule has 3 rings (SSSR count). The first-order valence-electron chi connectivity index (χ1n) is 9.98. The van der Waals surface area contributed by atoms with E-state index in [0.717, 1.165) is 19.3 Å². The Morgan fingerprint density at radius 1 is 1.15 bits per heavy atom. The summed E-state index contributed by atoms with van der Waals surface area (Å²) in [4.78, 5) is 24.9. The molecule has 0 spiro atoms. The predicted molar refractivity (Wildman–Crippen MR) is 105 cm³/mol. The van der Waals surface area contributed by atoms with Gasteiger partial charge in [0.1, 0.15) is 0 Å². The largest absolute Gasteiger partial charge is 0.381 e. The SMILES string of the molecule is C=CC(=O)NC1(CNC(=O)[C@@H]2CCCC[C@@H]2c2ccccc2)CCOCC1. The van der Waals surface area contributed by atoms with Gasteiger partial charge in [0.15, 0.2) is 0 Å². The van der Waals surface area contributed by atoms with Gasteiger partial charge in [-0.3, -0.25) is 9.59 Å². The van der Waals surface area contributed by atoms with Crippen LogP contribution in [0.3, 0.4) is 0 Å². The molecule has 5 nitrogen and oxygen atoms in total. The van der Waals surface area contributed by atoms with Crippen LogP contribution in [0, 0.1) is 5.92 Å². The summed E-state index contributed by atoms with van der Waals surface area (Å²) in [6.45, 7) is 5.15. The monoisotopic (exact) mass is 370 g/mol. The molecule has 2 aliphatic rings. The Kier molecular flexibility index (Phi) is 6.67. The molecule has 2 amide bonds. The van der Waals surface area contributed by atoms with Crippen molar-refractivity contribution in [3.05, 3.63) is 48.6 Å². The molecule has 1 aliphatic carbocycles. The molecule has 1 aliphatic heterocycles. The maximum atomic E-state index is 13.0. The van der Waals surface area contributed by atoms with Gasteiger partial charge in [-0.25, -0.2) is 0 Å². The van der Waals surface area contributed by atoms with Crippen molar-refractivity contribution in [3.63, 3.8) is 0 Å². The molecule has 0 bridgehead atoms. The lowest BCUT2D eigenvalue weighted by molar-refractivity contribution is -0.128. The number of amides is 2. The molecule has 1 saturated carbocycles. The molecule has 5 heteroatoms. The third-order valence-electron chi connectivity index (χ3n) is 5.96. The first kappa shape index (κ1) is 19.6. The lowest BCUT2D eigenvalue weighted by atomic mass is 9.75. The standard InChI is InChI=1S/C22H30N2O3/c1-2-20(25)24-22(12-14-27-15-13-22)16-23-21(26)19-11-7-6-10-18(19)17-8-4-3-5-9-17/h2-5,8-9,18-19H,1,6-7,10-16H2,(H,23,26)(H,24,25)/t18-,19-/m1/s1. The Morgan fingerprint density at radius 2 is 1.85 bits per heavy atom. The zero-order valence-corrected chi connectivity index (χ0v) is 15.9. The van der Waals surface area contributed by atoms with Crippen LogP contribution in [0.1, 0.15) is 50.0 Å². The van der Waals surface area contributed by atoms with Gasteiger partial charge in [-0.1, -0.05) is 49.8 Å². The van der Waals surface area contributed by atoms with Crippen LogP contribution < -0.4 is 10.6 Å². The van der Waals surface area contributed by atoms with E-state index in [1.165, 1.54) is 18.1 Å². The fourth-order valence-electron chi connectivity index (χ4n) is 4.35. The van der Waals surface area contributed by atoms with E-state index in [1.807, 2.05) is 18.2 Å². The summed E-state index contributed by atoms with van der Waals surface area (Å²) in [6, 6.07) is 10.3. The fourth-order valence-corrected chi connectivity index (χ4v) is 4.35. The van der Waals surface area contributed by atoms with E-state index in [2.05, 4.69) is 29.3 Å². The number of carbonyl (C=O) groups excluding carboxylic acids is 2. The van der Waals surface area contributed by atoms with E-state index in [0.29, 0.717) is 32.6 Å². The van der Waals surface area contributed by atoms with Gasteiger partial charge in [0, 0.05) is 25.7 Å². The third-order valence-corrected chi connectivity index (χ3v) is 5.96. The van der Waals surface area contributed by atoms with Crippen LogP contribution in [0.15, 0.2) is 43.0 Å². The number of ether oxygens (including phenoxy) is 1. The highest BCUT2D eigenvalue weighted by Crippen LogP contribution is 2.38. The van der Waals surface area contributed by atoms with Gasteiger partial charge in [-0.05, 0) is 43.2 Å². The minimum atomic E-state index is -0.448. The van der Waals surface area contributed by atoms with Crippen molar-refractivity contribution in [1.82, 2.24) is 10.6 Å². The Labute approximate surface area is 161 Å². The van der Waals surface area contributed by atoms with Crippen LogP contribution in [0.2, 0.25) is 0 Å². The number of rotatable bonds is 6. The second kappa shape index (κ2) is 9.18. The summed E-state index contributed by atoms with van der Waals surface area (Å²) in [5, 5.41) is 6.18. The van der Waals surface area contributed by atoms with Crippen LogP contribution in [0.25, 0.3) is 0 Å². The summed E-state index contributed by atoms with van der Waals surface area (Å²) in [6.07, 6.45) is 6.90. The van der Waals surface area contributed by atoms with Crippen LogP contribution in [0.5, 0.6) is 0 Å². The third kappa shape index (κ3) is 4.98. The van der Waals surface area contributed by atoms with E-state index < -0.39 is 5.54 Å². The van der Waals surface area contributed by atoms with Gasteiger partial charge in [0.25, 0.3) is 0 Å². The highest BCUT2D eigenvalue weighted by atomic mass is 16.5. The minimum absolute atomic E-state index is 0.00635. The van der Waals surface area contributed by atoms with Crippen molar-refractivity contribution in [3.8, 4) is 0 Å². The van der Waals surface area contributed by atoms with E-state index >= 15 is 0 Å². The molecular formula is C22H30N2O3. The second-order valence-electron chi connectivity index (χ2n) is 7.71. The van der Waals surface area contributed by atoms with Crippen molar-refractivity contribution in [2.75, 3.05) is 19.8 Å². The highest BCUT2D eigenvalue weighted by molar-refractivity contribution is 5.87. The van der Waals surface area contributed by atoms with Crippen LogP contribution >= 0.6 is 0 Å². The highest BCUT2D eigenvalue weighted by Gasteiger charge is 2.36. The summed E-state index contributed by atoms with van der Waals surface area (Å²) >= 11 is 0. The van der Waals surface area contributed by atoms with E-state index in [4.69, 9.17) is 4.74 Å². The Bertz CT molecular complexity index is 653. The summed E-state index contributed by atoms with van der Waals surface area (Å²) in [7, 11) is 0. The summed E-state index contributed by atoms with van der Waals surface area (Å²) in [5.74, 6) is 0.162. The number of hydrogen-bond donors (Lipinski definition) is 2.